The van der Waals surface area contributed by atoms with Crippen molar-refractivity contribution in [3.05, 3.63) is 35.9 Å². The number of benzene rings is 1. The molecule has 2 N–H and O–H groups in total. The van der Waals surface area contributed by atoms with E-state index in [2.05, 4.69) is 26.1 Å². The Hall–Kier alpha value is -1.59. The lowest BCUT2D eigenvalue weighted by Crippen LogP contribution is -2.48. The molecule has 2 unspecified atom stereocenters. The van der Waals surface area contributed by atoms with Crippen LogP contribution in [0.3, 0.4) is 0 Å². The average Bonchev–Trinajstić information content (AvgIpc) is 2.59. The number of amides is 2. The molecule has 2 amide bonds. The van der Waals surface area contributed by atoms with Gasteiger partial charge in [0.2, 0.25) is 0 Å². The number of aliphatic hydroxyl groups excluding tert-OH is 1. The molecule has 1 aromatic rings. The number of nitrogens with one attached hydrogen (secondary N) is 1. The lowest BCUT2D eigenvalue weighted by molar-refractivity contribution is -0.0839. The highest BCUT2D eigenvalue weighted by atomic mass is 16.5. The third kappa shape index (κ3) is 6.01. The molecule has 1 fully saturated rings. The van der Waals surface area contributed by atoms with Gasteiger partial charge in [0.25, 0.3) is 0 Å². The third-order valence-electron chi connectivity index (χ3n) is 4.69. The molecule has 1 aromatic carbocycles. The molecule has 1 aliphatic heterocycles. The van der Waals surface area contributed by atoms with E-state index < -0.39 is 0 Å². The van der Waals surface area contributed by atoms with Gasteiger partial charge in [0.1, 0.15) is 0 Å². The molecular formula is C20H32N2O3. The van der Waals surface area contributed by atoms with Gasteiger partial charge < -0.3 is 20.1 Å². The lowest BCUT2D eigenvalue weighted by atomic mass is 9.78. The van der Waals surface area contributed by atoms with Crippen molar-refractivity contribution < 1.29 is 14.6 Å². The number of carbonyl (C=O) groups is 1. The number of nitrogens with zero attached hydrogens (tertiary/aromatic N) is 1. The molecule has 0 radical (unpaired) electrons. The zero-order chi connectivity index (χ0) is 18.3. The average molecular weight is 348 g/mol. The number of ether oxygens (including phenoxy) is 1. The number of carbonyl (C=O) groups excluding carboxylic acids is 1. The third-order valence-corrected chi connectivity index (χ3v) is 4.69. The molecule has 0 saturated carbocycles. The van der Waals surface area contributed by atoms with E-state index in [1.807, 2.05) is 30.3 Å². The van der Waals surface area contributed by atoms with Gasteiger partial charge in [-0.2, -0.15) is 0 Å². The summed E-state index contributed by atoms with van der Waals surface area (Å²) in [5, 5.41) is 12.3. The number of aliphatic hydroxyl groups is 1. The molecule has 1 saturated heterocycles. The Morgan fingerprint density at radius 2 is 2.04 bits per heavy atom. The highest BCUT2D eigenvalue weighted by Gasteiger charge is 2.35. The van der Waals surface area contributed by atoms with Crippen molar-refractivity contribution in [3.63, 3.8) is 0 Å². The zero-order valence-electron chi connectivity index (χ0n) is 15.7. The first-order chi connectivity index (χ1) is 11.9. The van der Waals surface area contributed by atoms with Gasteiger partial charge in [0.15, 0.2) is 0 Å². The van der Waals surface area contributed by atoms with E-state index in [1.165, 1.54) is 0 Å². The van der Waals surface area contributed by atoms with E-state index in [4.69, 9.17) is 4.74 Å². The first-order valence-electron chi connectivity index (χ1n) is 9.21. The van der Waals surface area contributed by atoms with Gasteiger partial charge >= 0.3 is 6.03 Å². The maximum absolute atomic E-state index is 12.6. The predicted octanol–water partition coefficient (Wildman–Crippen LogP) is 3.03. The summed E-state index contributed by atoms with van der Waals surface area (Å²) in [5.74, 6) is 0.324. The first-order valence-corrected chi connectivity index (χ1v) is 9.21. The van der Waals surface area contributed by atoms with Crippen LogP contribution in [0.15, 0.2) is 30.3 Å². The minimum absolute atomic E-state index is 0.0442. The molecule has 0 aromatic heterocycles. The van der Waals surface area contributed by atoms with Gasteiger partial charge in [-0.15, -0.1) is 0 Å². The van der Waals surface area contributed by atoms with Crippen molar-refractivity contribution in [3.8, 4) is 0 Å². The van der Waals surface area contributed by atoms with Gasteiger partial charge in [-0.3, -0.25) is 0 Å². The van der Waals surface area contributed by atoms with Gasteiger partial charge in [-0.1, -0.05) is 51.1 Å². The second kappa shape index (κ2) is 9.20. The number of hydrogen-bond acceptors (Lipinski definition) is 3. The summed E-state index contributed by atoms with van der Waals surface area (Å²) < 4.78 is 5.99. The van der Waals surface area contributed by atoms with E-state index in [0.29, 0.717) is 25.6 Å². The normalized spacial score (nSPS) is 21.0. The van der Waals surface area contributed by atoms with E-state index >= 15 is 0 Å². The van der Waals surface area contributed by atoms with Crippen LogP contribution >= 0.6 is 0 Å². The number of hydrogen-bond donors (Lipinski definition) is 2. The Morgan fingerprint density at radius 3 is 2.68 bits per heavy atom. The fourth-order valence-electron chi connectivity index (χ4n) is 3.52. The molecular weight excluding hydrogens is 316 g/mol. The summed E-state index contributed by atoms with van der Waals surface area (Å²) in [6, 6.07) is 9.71. The Labute approximate surface area is 151 Å². The SMILES string of the molecule is CC(C)(C)C1OCCCC1CNC(=O)N(CCO)Cc1ccccc1. The van der Waals surface area contributed by atoms with E-state index in [9.17, 15) is 9.90 Å². The summed E-state index contributed by atoms with van der Waals surface area (Å²) in [4.78, 5) is 14.3. The second-order valence-electron chi connectivity index (χ2n) is 7.88. The van der Waals surface area contributed by atoms with E-state index in [0.717, 1.165) is 25.0 Å². The highest BCUT2D eigenvalue weighted by Crippen LogP contribution is 2.33. The Kier molecular flexibility index (Phi) is 7.26. The minimum Gasteiger partial charge on any atom is -0.395 e. The number of urea groups is 1. The van der Waals surface area contributed by atoms with Gasteiger partial charge in [-0.05, 0) is 23.8 Å². The summed E-state index contributed by atoms with van der Waals surface area (Å²) in [6.07, 6.45) is 2.26. The van der Waals surface area contributed by atoms with Crippen molar-refractivity contribution in [1.82, 2.24) is 10.2 Å². The molecule has 0 aliphatic carbocycles. The molecule has 2 rings (SSSR count). The zero-order valence-corrected chi connectivity index (χ0v) is 15.7. The predicted molar refractivity (Wildman–Crippen MR) is 99.3 cm³/mol. The monoisotopic (exact) mass is 348 g/mol. The second-order valence-corrected chi connectivity index (χ2v) is 7.88. The van der Waals surface area contributed by atoms with Crippen molar-refractivity contribution in [2.24, 2.45) is 11.3 Å². The van der Waals surface area contributed by atoms with E-state index in [-0.39, 0.29) is 24.2 Å². The van der Waals surface area contributed by atoms with Crippen LogP contribution in [0.25, 0.3) is 0 Å². The van der Waals surface area contributed by atoms with E-state index in [1.54, 1.807) is 4.90 Å². The van der Waals surface area contributed by atoms with Crippen LogP contribution in [0, 0.1) is 11.3 Å². The van der Waals surface area contributed by atoms with Crippen molar-refractivity contribution in [2.45, 2.75) is 46.3 Å². The van der Waals surface area contributed by atoms with Crippen molar-refractivity contribution >= 4 is 6.03 Å². The van der Waals surface area contributed by atoms with Crippen molar-refractivity contribution in [1.29, 1.82) is 0 Å². The van der Waals surface area contributed by atoms with Gasteiger partial charge in [0, 0.05) is 32.2 Å². The highest BCUT2D eigenvalue weighted by molar-refractivity contribution is 5.74. The van der Waals surface area contributed by atoms with Crippen LogP contribution in [0.2, 0.25) is 0 Å². The molecule has 1 heterocycles. The smallest absolute Gasteiger partial charge is 0.317 e. The van der Waals surface area contributed by atoms with Crippen LogP contribution in [0.5, 0.6) is 0 Å². The summed E-state index contributed by atoms with van der Waals surface area (Å²) in [7, 11) is 0. The fraction of sp³-hybridized carbons (Fsp3) is 0.650. The summed E-state index contributed by atoms with van der Waals surface area (Å²) >= 11 is 0. The maximum atomic E-state index is 12.6. The van der Waals surface area contributed by atoms with Crippen LogP contribution in [-0.4, -0.2) is 48.4 Å². The summed E-state index contributed by atoms with van der Waals surface area (Å²) in [5.41, 5.74) is 1.12. The molecule has 2 atom stereocenters. The van der Waals surface area contributed by atoms with Crippen LogP contribution in [-0.2, 0) is 11.3 Å². The van der Waals surface area contributed by atoms with Gasteiger partial charge in [-0.25, -0.2) is 4.79 Å². The van der Waals surface area contributed by atoms with Crippen LogP contribution < -0.4 is 5.32 Å². The Balaban J connectivity index is 1.93. The number of rotatable bonds is 6. The molecule has 5 nitrogen and oxygen atoms in total. The van der Waals surface area contributed by atoms with Crippen LogP contribution in [0.4, 0.5) is 4.79 Å². The molecule has 0 bridgehead atoms. The Morgan fingerprint density at radius 1 is 1.32 bits per heavy atom. The molecule has 0 spiro atoms. The minimum atomic E-state index is -0.129. The largest absolute Gasteiger partial charge is 0.395 e. The van der Waals surface area contributed by atoms with Crippen molar-refractivity contribution in [2.75, 3.05) is 26.3 Å². The molecule has 140 valence electrons. The topological polar surface area (TPSA) is 61.8 Å². The van der Waals surface area contributed by atoms with Crippen LogP contribution in [0.1, 0.15) is 39.2 Å². The quantitative estimate of drug-likeness (QED) is 0.831. The fourth-order valence-corrected chi connectivity index (χ4v) is 3.52. The van der Waals surface area contributed by atoms with Gasteiger partial charge in [0.05, 0.1) is 12.7 Å². The molecule has 25 heavy (non-hydrogen) atoms. The standard InChI is InChI=1S/C20H32N2O3/c1-20(2,3)18-17(10-7-13-25-18)14-21-19(24)22(11-12-23)15-16-8-5-4-6-9-16/h4-6,8-9,17-18,23H,7,10-15H2,1-3H3,(H,21,24). The summed E-state index contributed by atoms with van der Waals surface area (Å²) in [6.45, 7) is 8.75. The maximum Gasteiger partial charge on any atom is 0.317 e. The first kappa shape index (κ1) is 19.7. The Bertz CT molecular complexity index is 527. The lowest BCUT2D eigenvalue weighted by Gasteiger charge is -2.40. The molecule has 1 aliphatic rings. The molecule has 5 heteroatoms.